The van der Waals surface area contributed by atoms with Crippen molar-refractivity contribution in [3.05, 3.63) is 93.4 Å². The smallest absolute Gasteiger partial charge is 0.549 e. The van der Waals surface area contributed by atoms with E-state index in [-0.39, 0.29) is 18.9 Å². The maximum absolute atomic E-state index is 11.5. The summed E-state index contributed by atoms with van der Waals surface area (Å²) in [5.74, 6) is -0.730. The molecule has 0 bridgehead atoms. The van der Waals surface area contributed by atoms with Gasteiger partial charge in [0, 0.05) is 10.8 Å². The minimum atomic E-state index is -1.14. The normalized spacial score (nSPS) is 14.5. The minimum absolute atomic E-state index is 0. The van der Waals surface area contributed by atoms with Gasteiger partial charge in [-0.25, -0.2) is 0 Å². The number of aromatic nitrogens is 6. The summed E-state index contributed by atoms with van der Waals surface area (Å²) in [6.07, 6.45) is 4.96. The van der Waals surface area contributed by atoms with Crippen molar-refractivity contribution in [2.24, 2.45) is 0 Å². The van der Waals surface area contributed by atoms with Crippen molar-refractivity contribution in [3.8, 4) is 11.4 Å². The molecule has 53 heavy (non-hydrogen) atoms. The van der Waals surface area contributed by atoms with E-state index < -0.39 is 21.4 Å². The zero-order chi connectivity index (χ0) is 36.9. The maximum atomic E-state index is 11.5. The van der Waals surface area contributed by atoms with Crippen LogP contribution in [-0.2, 0) is 9.59 Å². The van der Waals surface area contributed by atoms with E-state index in [1.165, 1.54) is 59.3 Å². The summed E-state index contributed by atoms with van der Waals surface area (Å²) in [5, 5.41) is 43.2. The van der Waals surface area contributed by atoms with E-state index in [0.29, 0.717) is 31.6 Å². The largest absolute Gasteiger partial charge is 1.00 e. The number of fused-ring (bicyclic) bond motifs is 2. The number of carboxylic acids is 2. The fraction of sp³-hybridized carbons (Fsp3) is 0.316. The van der Waals surface area contributed by atoms with Crippen molar-refractivity contribution in [2.75, 3.05) is 0 Å². The Morgan fingerprint density at radius 3 is 1.40 bits per heavy atom. The van der Waals surface area contributed by atoms with Crippen LogP contribution in [-0.4, -0.2) is 56.1 Å². The zero-order valence-corrected chi connectivity index (χ0v) is 34.6. The summed E-state index contributed by atoms with van der Waals surface area (Å²) >= 11 is 9.24. The van der Waals surface area contributed by atoms with E-state index in [9.17, 15) is 19.8 Å². The second-order valence-electron chi connectivity index (χ2n) is 14.0. The van der Waals surface area contributed by atoms with Crippen LogP contribution in [0.5, 0.6) is 0 Å². The van der Waals surface area contributed by atoms with E-state index in [4.69, 9.17) is 0 Å². The third-order valence-corrected chi connectivity index (χ3v) is 12.6. The first-order chi connectivity index (χ1) is 24.8. The van der Waals surface area contributed by atoms with Gasteiger partial charge < -0.3 is 15.0 Å². The number of carbonyl (C=O) groups is 2. The van der Waals surface area contributed by atoms with Crippen molar-refractivity contribution < 1.29 is 38.7 Å². The van der Waals surface area contributed by atoms with Gasteiger partial charge in [-0.2, -0.15) is 0 Å². The summed E-state index contributed by atoms with van der Waals surface area (Å²) in [6.45, 7) is 6.55. The third-order valence-electron chi connectivity index (χ3n) is 9.27. The van der Waals surface area contributed by atoms with Crippen LogP contribution in [0.3, 0.4) is 0 Å². The number of nitrogens with zero attached hydrogens (tertiary/aromatic N) is 6. The van der Waals surface area contributed by atoms with Gasteiger partial charge in [0.15, 0.2) is 10.3 Å². The average Bonchev–Trinajstić information content (AvgIpc) is 4.05. The monoisotopic (exact) mass is 868 g/mol. The molecule has 15 heteroatoms. The molecule has 268 valence electrons. The topological polar surface area (TPSA) is 139 Å². The molecule has 2 fully saturated rings. The molecule has 0 radical (unpaired) electrons. The molecule has 2 saturated carbocycles. The van der Waals surface area contributed by atoms with E-state index in [0.717, 1.165) is 33.9 Å². The van der Waals surface area contributed by atoms with Gasteiger partial charge in [-0.05, 0) is 131 Å². The van der Waals surface area contributed by atoms with Crippen molar-refractivity contribution in [1.82, 2.24) is 29.5 Å². The number of halogens is 2. The Bertz CT molecular complexity index is 2190. The summed E-state index contributed by atoms with van der Waals surface area (Å²) in [7, 11) is 0. The number of hydrogen-bond acceptors (Lipinski definition) is 9. The van der Waals surface area contributed by atoms with Gasteiger partial charge >= 0.3 is 24.8 Å². The standard InChI is InChI=1S/2C19H18BrN3O2S.Li/c2*1-19(2,16(24)25)26-18-22-21-17(20)23(18)15-10-9-12(11-7-8-11)13-5-3-4-6-14(13)15;/h2*3-6,9-11H,7-8H2,1-2H3,(H,24,25);/q;;+1/p-1. The predicted octanol–water partition coefficient (Wildman–Crippen LogP) is 5.70. The molecule has 0 aliphatic heterocycles. The molecule has 0 spiro atoms. The van der Waals surface area contributed by atoms with Crippen molar-refractivity contribution in [1.29, 1.82) is 0 Å². The van der Waals surface area contributed by atoms with Crippen molar-refractivity contribution in [2.45, 2.75) is 85.0 Å². The molecule has 0 saturated heterocycles. The van der Waals surface area contributed by atoms with E-state index in [1.807, 2.05) is 27.3 Å². The van der Waals surface area contributed by atoms with Gasteiger partial charge in [-0.1, -0.05) is 84.2 Å². The SMILES string of the molecule is CC(C)(Sc1nnc(Br)n1-c1ccc(C2CC2)c2ccccc12)C(=O)O.CC(C)(Sc1nnc(Br)n1-c1ccc(C2CC2)c2ccccc12)C(=O)[O-].[Li+]. The number of thioether (sulfide) groups is 2. The quantitative estimate of drug-likeness (QED) is 0.135. The van der Waals surface area contributed by atoms with Crippen LogP contribution in [0.25, 0.3) is 32.9 Å². The van der Waals surface area contributed by atoms with Crippen LogP contribution in [0.2, 0.25) is 0 Å². The fourth-order valence-electron chi connectivity index (χ4n) is 6.09. The molecule has 4 aromatic carbocycles. The Hall–Kier alpha value is -3.12. The van der Waals surface area contributed by atoms with Crippen LogP contribution < -0.4 is 24.0 Å². The summed E-state index contributed by atoms with van der Waals surface area (Å²) in [6, 6.07) is 25.1. The number of rotatable bonds is 10. The second-order valence-corrected chi connectivity index (χ2v) is 18.6. The zero-order valence-electron chi connectivity index (χ0n) is 29.8. The van der Waals surface area contributed by atoms with Gasteiger partial charge in [0.25, 0.3) is 0 Å². The Balaban J connectivity index is 0.000000178. The van der Waals surface area contributed by atoms with Crippen LogP contribution in [0.4, 0.5) is 0 Å². The molecular formula is C38H35Br2LiN6O4S2. The first kappa shape index (κ1) is 39.6. The van der Waals surface area contributed by atoms with Crippen LogP contribution >= 0.6 is 55.4 Å². The molecule has 2 heterocycles. The molecular weight excluding hydrogens is 835 g/mol. The molecule has 6 aromatic rings. The maximum Gasteiger partial charge on any atom is 1.00 e. The molecule has 2 aromatic heterocycles. The molecule has 0 unspecified atom stereocenters. The van der Waals surface area contributed by atoms with Crippen LogP contribution in [0.15, 0.2) is 92.6 Å². The Morgan fingerprint density at radius 1 is 0.660 bits per heavy atom. The van der Waals surface area contributed by atoms with Gasteiger partial charge in [-0.3, -0.25) is 13.9 Å². The number of carboxylic acid groups (broad SMARTS) is 2. The summed E-state index contributed by atoms with van der Waals surface area (Å²) in [4.78, 5) is 22.9. The minimum Gasteiger partial charge on any atom is -0.549 e. The average molecular weight is 871 g/mol. The predicted molar refractivity (Wildman–Crippen MR) is 210 cm³/mol. The Kier molecular flexibility index (Phi) is 11.6. The molecule has 2 aliphatic carbocycles. The van der Waals surface area contributed by atoms with Crippen molar-refractivity contribution >= 4 is 88.9 Å². The molecule has 2 aliphatic rings. The number of aliphatic carboxylic acids is 2. The number of carbonyl (C=O) groups excluding carboxylic acids is 1. The molecule has 0 atom stereocenters. The summed E-state index contributed by atoms with van der Waals surface area (Å²) < 4.78 is 2.72. The third kappa shape index (κ3) is 8.14. The first-order valence-corrected chi connectivity index (χ1v) is 20.1. The second kappa shape index (κ2) is 15.6. The van der Waals surface area contributed by atoms with Crippen LogP contribution in [0.1, 0.15) is 76.3 Å². The summed E-state index contributed by atoms with van der Waals surface area (Å²) in [5.41, 5.74) is 4.63. The van der Waals surface area contributed by atoms with Gasteiger partial charge in [0.2, 0.25) is 9.47 Å². The number of benzene rings is 4. The Morgan fingerprint density at radius 2 is 1.04 bits per heavy atom. The van der Waals surface area contributed by atoms with Gasteiger partial charge in [0.05, 0.1) is 22.1 Å². The molecule has 10 nitrogen and oxygen atoms in total. The molecule has 0 amide bonds. The van der Waals surface area contributed by atoms with Gasteiger partial charge in [0.1, 0.15) is 4.75 Å². The molecule has 1 N–H and O–H groups in total. The molecule has 8 rings (SSSR count). The van der Waals surface area contributed by atoms with Crippen molar-refractivity contribution in [3.63, 3.8) is 0 Å². The number of hydrogen-bond donors (Lipinski definition) is 1. The Labute approximate surface area is 344 Å². The van der Waals surface area contributed by atoms with Crippen LogP contribution in [0, 0.1) is 0 Å². The first-order valence-electron chi connectivity index (χ1n) is 16.9. The fourth-order valence-corrected chi connectivity index (χ4v) is 9.00. The van der Waals surface area contributed by atoms with Gasteiger partial charge in [-0.15, -0.1) is 20.4 Å². The van der Waals surface area contributed by atoms with E-state index >= 15 is 0 Å². The van der Waals surface area contributed by atoms with E-state index in [2.05, 4.69) is 107 Å². The van der Waals surface area contributed by atoms with E-state index in [1.54, 1.807) is 27.7 Å².